The molecule has 3 N–H and O–H groups in total. The van der Waals surface area contributed by atoms with Gasteiger partial charge in [0.25, 0.3) is 0 Å². The summed E-state index contributed by atoms with van der Waals surface area (Å²) < 4.78 is 31.6. The summed E-state index contributed by atoms with van der Waals surface area (Å²) in [5.74, 6) is -0.879. The molecule has 0 atom stereocenters. The smallest absolute Gasteiger partial charge is 0.394 e. The van der Waals surface area contributed by atoms with Gasteiger partial charge in [0.05, 0.1) is 5.56 Å². The number of carboxylic acids is 1. The molecule has 0 spiro atoms. The molecule has 0 aliphatic carbocycles. The van der Waals surface area contributed by atoms with Crippen molar-refractivity contribution in [1.29, 1.82) is 0 Å². The molecule has 1 aromatic carbocycles. The molecule has 7 heteroatoms. The van der Waals surface area contributed by atoms with Gasteiger partial charge in [-0.15, -0.1) is 0 Å². The van der Waals surface area contributed by atoms with E-state index in [1.165, 1.54) is 0 Å². The second kappa shape index (κ2) is 5.32. The van der Waals surface area contributed by atoms with Crippen LogP contribution in [0.3, 0.4) is 0 Å². The molecular weight excluding hydrogens is 212 g/mol. The first-order valence-corrected chi connectivity index (χ1v) is 4.68. The molecule has 6 nitrogen and oxygen atoms in total. The molecular formula is C7H8O6S. The Hall–Kier alpha value is -1.44. The first kappa shape index (κ1) is 12.6. The lowest BCUT2D eigenvalue weighted by molar-refractivity contribution is 0.0697. The van der Waals surface area contributed by atoms with E-state index in [1.54, 1.807) is 30.3 Å². The summed E-state index contributed by atoms with van der Waals surface area (Å²) in [7, 11) is -4.67. The molecule has 0 aliphatic heterocycles. The normalized spacial score (nSPS) is 9.86. The van der Waals surface area contributed by atoms with Crippen LogP contribution in [0.4, 0.5) is 0 Å². The largest absolute Gasteiger partial charge is 0.478 e. The van der Waals surface area contributed by atoms with Gasteiger partial charge in [0.2, 0.25) is 0 Å². The second-order valence-corrected chi connectivity index (χ2v) is 3.01. The maximum absolute atomic E-state index is 10.2. The van der Waals surface area contributed by atoms with E-state index >= 15 is 0 Å². The van der Waals surface area contributed by atoms with Crippen molar-refractivity contribution in [3.05, 3.63) is 35.9 Å². The van der Waals surface area contributed by atoms with E-state index in [1.807, 2.05) is 0 Å². The van der Waals surface area contributed by atoms with Gasteiger partial charge >= 0.3 is 16.4 Å². The van der Waals surface area contributed by atoms with Crippen LogP contribution in [0, 0.1) is 0 Å². The number of carboxylic acid groups (broad SMARTS) is 1. The summed E-state index contributed by atoms with van der Waals surface area (Å²) in [6.07, 6.45) is 0. The third kappa shape index (κ3) is 8.65. The zero-order chi connectivity index (χ0) is 11.2. The zero-order valence-electron chi connectivity index (χ0n) is 6.86. The molecule has 1 aromatic rings. The van der Waals surface area contributed by atoms with Crippen LogP contribution < -0.4 is 0 Å². The lowest BCUT2D eigenvalue weighted by Crippen LogP contribution is -1.93. The third-order valence-corrected chi connectivity index (χ3v) is 1.02. The fourth-order valence-electron chi connectivity index (χ4n) is 0.581. The van der Waals surface area contributed by atoms with Gasteiger partial charge in [0.1, 0.15) is 0 Å². The minimum Gasteiger partial charge on any atom is -0.478 e. The fourth-order valence-corrected chi connectivity index (χ4v) is 0.581. The molecule has 0 heterocycles. The van der Waals surface area contributed by atoms with Crippen molar-refractivity contribution >= 4 is 16.4 Å². The highest BCUT2D eigenvalue weighted by Crippen LogP contribution is 1.96. The minimum absolute atomic E-state index is 0.331. The second-order valence-electron chi connectivity index (χ2n) is 2.12. The number of aromatic carboxylic acids is 1. The molecule has 0 amide bonds. The Labute approximate surface area is 80.4 Å². The summed E-state index contributed by atoms with van der Waals surface area (Å²) in [5, 5.41) is 8.38. The highest BCUT2D eigenvalue weighted by molar-refractivity contribution is 7.79. The van der Waals surface area contributed by atoms with E-state index in [0.29, 0.717) is 5.56 Å². The van der Waals surface area contributed by atoms with Crippen molar-refractivity contribution in [2.24, 2.45) is 0 Å². The van der Waals surface area contributed by atoms with E-state index in [-0.39, 0.29) is 0 Å². The van der Waals surface area contributed by atoms with Gasteiger partial charge in [-0.25, -0.2) is 4.79 Å². The van der Waals surface area contributed by atoms with Gasteiger partial charge in [0.15, 0.2) is 0 Å². The molecule has 0 saturated carbocycles. The molecule has 0 radical (unpaired) electrons. The van der Waals surface area contributed by atoms with Gasteiger partial charge in [0, 0.05) is 0 Å². The fraction of sp³-hybridized carbons (Fsp3) is 0. The van der Waals surface area contributed by atoms with Gasteiger partial charge < -0.3 is 5.11 Å². The third-order valence-electron chi connectivity index (χ3n) is 1.02. The summed E-state index contributed by atoms with van der Waals surface area (Å²) >= 11 is 0. The maximum atomic E-state index is 10.2. The monoisotopic (exact) mass is 220 g/mol. The lowest BCUT2D eigenvalue weighted by Gasteiger charge is -1.88. The molecule has 1 rings (SSSR count). The van der Waals surface area contributed by atoms with Gasteiger partial charge in [-0.3, -0.25) is 9.11 Å². The van der Waals surface area contributed by atoms with E-state index < -0.39 is 16.4 Å². The summed E-state index contributed by atoms with van der Waals surface area (Å²) in [4.78, 5) is 10.2. The molecule has 78 valence electrons. The Morgan fingerprint density at radius 2 is 1.43 bits per heavy atom. The van der Waals surface area contributed by atoms with Crippen LogP contribution in [-0.4, -0.2) is 28.6 Å². The number of benzene rings is 1. The summed E-state index contributed by atoms with van der Waals surface area (Å²) in [6.45, 7) is 0. The first-order valence-electron chi connectivity index (χ1n) is 3.29. The van der Waals surface area contributed by atoms with Crippen molar-refractivity contribution in [2.75, 3.05) is 0 Å². The number of hydrogen-bond donors (Lipinski definition) is 3. The first-order chi connectivity index (χ1) is 6.30. The van der Waals surface area contributed by atoms with E-state index in [4.69, 9.17) is 22.6 Å². The molecule has 0 fully saturated rings. The van der Waals surface area contributed by atoms with Gasteiger partial charge in [-0.05, 0) is 12.1 Å². The van der Waals surface area contributed by atoms with Crippen molar-refractivity contribution < 1.29 is 27.4 Å². The van der Waals surface area contributed by atoms with Crippen molar-refractivity contribution in [3.63, 3.8) is 0 Å². The number of hydrogen-bond acceptors (Lipinski definition) is 3. The Morgan fingerprint density at radius 3 is 1.64 bits per heavy atom. The Balaban J connectivity index is 0.000000292. The topological polar surface area (TPSA) is 112 Å². The van der Waals surface area contributed by atoms with Crippen LogP contribution >= 0.6 is 0 Å². The predicted octanol–water partition coefficient (Wildman–Crippen LogP) is 0.732. The van der Waals surface area contributed by atoms with E-state index in [9.17, 15) is 4.79 Å². The highest BCUT2D eigenvalue weighted by Gasteiger charge is 1.96. The molecule has 0 aliphatic rings. The van der Waals surface area contributed by atoms with Crippen molar-refractivity contribution in [1.82, 2.24) is 0 Å². The Bertz CT molecular complexity index is 374. The average molecular weight is 220 g/mol. The summed E-state index contributed by atoms with van der Waals surface area (Å²) in [5.41, 5.74) is 0.331. The number of carbonyl (C=O) groups is 1. The van der Waals surface area contributed by atoms with E-state index in [2.05, 4.69) is 0 Å². The zero-order valence-corrected chi connectivity index (χ0v) is 7.68. The Morgan fingerprint density at radius 1 is 1.07 bits per heavy atom. The molecule has 0 aromatic heterocycles. The predicted molar refractivity (Wildman–Crippen MR) is 47.6 cm³/mol. The lowest BCUT2D eigenvalue weighted by atomic mass is 10.2. The van der Waals surface area contributed by atoms with Gasteiger partial charge in [-0.2, -0.15) is 8.42 Å². The van der Waals surface area contributed by atoms with Crippen LogP contribution in [0.25, 0.3) is 0 Å². The van der Waals surface area contributed by atoms with Crippen LogP contribution in [-0.2, 0) is 10.4 Å². The average Bonchev–Trinajstić information content (AvgIpc) is 2.03. The molecule has 0 bridgehead atoms. The van der Waals surface area contributed by atoms with Crippen LogP contribution in [0.1, 0.15) is 10.4 Å². The van der Waals surface area contributed by atoms with Crippen LogP contribution in [0.2, 0.25) is 0 Å². The number of rotatable bonds is 1. The minimum atomic E-state index is -4.67. The van der Waals surface area contributed by atoms with Crippen molar-refractivity contribution in [2.45, 2.75) is 0 Å². The highest BCUT2D eigenvalue weighted by atomic mass is 32.3. The van der Waals surface area contributed by atoms with E-state index in [0.717, 1.165) is 0 Å². The van der Waals surface area contributed by atoms with Crippen molar-refractivity contribution in [3.8, 4) is 0 Å². The molecule has 0 unspecified atom stereocenters. The molecule has 0 saturated heterocycles. The van der Waals surface area contributed by atoms with Gasteiger partial charge in [-0.1, -0.05) is 18.2 Å². The SMILES string of the molecule is O=C(O)c1ccccc1.O=S(=O)(O)O. The quantitative estimate of drug-likeness (QED) is 0.601. The summed E-state index contributed by atoms with van der Waals surface area (Å²) in [6, 6.07) is 8.30. The van der Waals surface area contributed by atoms with Crippen LogP contribution in [0.5, 0.6) is 0 Å². The standard InChI is InChI=1S/C7H6O2.H2O4S/c8-7(9)6-4-2-1-3-5-6;1-5(2,3)4/h1-5H,(H,8,9);(H2,1,2,3,4). The Kier molecular flexibility index (Phi) is 4.78. The molecule has 14 heavy (non-hydrogen) atoms. The maximum Gasteiger partial charge on any atom is 0.394 e. The van der Waals surface area contributed by atoms with Crippen LogP contribution in [0.15, 0.2) is 30.3 Å².